The highest BCUT2D eigenvalue weighted by molar-refractivity contribution is 5.90. The third-order valence-corrected chi connectivity index (χ3v) is 2.25. The van der Waals surface area contributed by atoms with E-state index in [-0.39, 0.29) is 11.7 Å². The van der Waals surface area contributed by atoms with Crippen molar-refractivity contribution in [3.63, 3.8) is 0 Å². The van der Waals surface area contributed by atoms with Crippen LogP contribution in [0.15, 0.2) is 0 Å². The Morgan fingerprint density at radius 2 is 2.31 bits per heavy atom. The average molecular weight is 225 g/mol. The summed E-state index contributed by atoms with van der Waals surface area (Å²) in [5.74, 6) is 0.841. The van der Waals surface area contributed by atoms with Gasteiger partial charge in [0.1, 0.15) is 5.82 Å². The molecule has 1 aromatic heterocycles. The van der Waals surface area contributed by atoms with E-state index in [4.69, 9.17) is 5.73 Å². The second-order valence-electron chi connectivity index (χ2n) is 3.72. The third-order valence-electron chi connectivity index (χ3n) is 2.25. The largest absolute Gasteiger partial charge is 0.339 e. The SMILES string of the molecule is CCCc1nc(C(=O)N(C)CCCN)n[nH]1. The van der Waals surface area contributed by atoms with Crippen LogP contribution >= 0.6 is 0 Å². The lowest BCUT2D eigenvalue weighted by molar-refractivity contribution is 0.0783. The Bertz CT molecular complexity index is 336. The molecule has 6 nitrogen and oxygen atoms in total. The van der Waals surface area contributed by atoms with Crippen molar-refractivity contribution < 1.29 is 4.79 Å². The molecule has 6 heteroatoms. The standard InChI is InChI=1S/C10H19N5O/c1-3-5-8-12-9(14-13-8)10(16)15(2)7-4-6-11/h3-7,11H2,1-2H3,(H,12,13,14). The van der Waals surface area contributed by atoms with E-state index in [1.165, 1.54) is 0 Å². The number of nitrogens with one attached hydrogen (secondary N) is 1. The van der Waals surface area contributed by atoms with E-state index < -0.39 is 0 Å². The van der Waals surface area contributed by atoms with E-state index in [1.807, 2.05) is 0 Å². The minimum atomic E-state index is -0.160. The van der Waals surface area contributed by atoms with Gasteiger partial charge in [0.05, 0.1) is 0 Å². The number of nitrogens with two attached hydrogens (primary N) is 1. The van der Waals surface area contributed by atoms with Crippen molar-refractivity contribution in [2.45, 2.75) is 26.2 Å². The minimum absolute atomic E-state index is 0.160. The van der Waals surface area contributed by atoms with Gasteiger partial charge in [-0.3, -0.25) is 9.89 Å². The highest BCUT2D eigenvalue weighted by Crippen LogP contribution is 2.00. The first kappa shape index (κ1) is 12.6. The number of H-pyrrole nitrogens is 1. The van der Waals surface area contributed by atoms with Crippen LogP contribution in [0, 0.1) is 0 Å². The predicted molar refractivity (Wildman–Crippen MR) is 61.0 cm³/mol. The molecule has 0 aliphatic rings. The Labute approximate surface area is 95.2 Å². The van der Waals surface area contributed by atoms with E-state index in [0.29, 0.717) is 13.1 Å². The molecule has 1 aromatic rings. The summed E-state index contributed by atoms with van der Waals surface area (Å²) in [6.07, 6.45) is 2.58. The van der Waals surface area contributed by atoms with E-state index in [9.17, 15) is 4.79 Å². The molecule has 16 heavy (non-hydrogen) atoms. The van der Waals surface area contributed by atoms with E-state index in [2.05, 4.69) is 22.1 Å². The number of amides is 1. The van der Waals surface area contributed by atoms with Crippen molar-refractivity contribution in [1.82, 2.24) is 20.1 Å². The molecule has 0 atom stereocenters. The highest BCUT2D eigenvalue weighted by Gasteiger charge is 2.16. The summed E-state index contributed by atoms with van der Waals surface area (Å²) in [6, 6.07) is 0. The number of aryl methyl sites for hydroxylation is 1. The molecule has 0 fully saturated rings. The molecule has 0 saturated heterocycles. The summed E-state index contributed by atoms with van der Waals surface area (Å²) in [5, 5.41) is 6.67. The molecule has 0 bridgehead atoms. The minimum Gasteiger partial charge on any atom is -0.339 e. The second-order valence-corrected chi connectivity index (χ2v) is 3.72. The van der Waals surface area contributed by atoms with E-state index in [1.54, 1.807) is 11.9 Å². The summed E-state index contributed by atoms with van der Waals surface area (Å²) in [4.78, 5) is 17.5. The lowest BCUT2D eigenvalue weighted by atomic mass is 10.3. The number of hydrogen-bond donors (Lipinski definition) is 2. The monoisotopic (exact) mass is 225 g/mol. The molecule has 0 aliphatic carbocycles. The van der Waals surface area contributed by atoms with Gasteiger partial charge < -0.3 is 10.6 Å². The van der Waals surface area contributed by atoms with Crippen molar-refractivity contribution in [3.8, 4) is 0 Å². The van der Waals surface area contributed by atoms with Gasteiger partial charge in [-0.15, -0.1) is 5.10 Å². The molecule has 0 saturated carbocycles. The Morgan fingerprint density at radius 1 is 1.56 bits per heavy atom. The van der Waals surface area contributed by atoms with Gasteiger partial charge >= 0.3 is 0 Å². The molecule has 0 aliphatic heterocycles. The maximum Gasteiger partial charge on any atom is 0.293 e. The van der Waals surface area contributed by atoms with E-state index >= 15 is 0 Å². The molecule has 0 aromatic carbocycles. The molecular formula is C10H19N5O. The van der Waals surface area contributed by atoms with Gasteiger partial charge in [0.15, 0.2) is 0 Å². The maximum absolute atomic E-state index is 11.8. The number of nitrogens with zero attached hydrogens (tertiary/aromatic N) is 3. The van der Waals surface area contributed by atoms with Gasteiger partial charge in [0, 0.05) is 20.0 Å². The maximum atomic E-state index is 11.8. The van der Waals surface area contributed by atoms with Crippen LogP contribution in [0.25, 0.3) is 0 Å². The van der Waals surface area contributed by atoms with Crippen molar-refractivity contribution in [1.29, 1.82) is 0 Å². The molecule has 0 unspecified atom stereocenters. The summed E-state index contributed by atoms with van der Waals surface area (Å²) >= 11 is 0. The lowest BCUT2D eigenvalue weighted by Gasteiger charge is -2.13. The first-order valence-electron chi connectivity index (χ1n) is 5.55. The van der Waals surface area contributed by atoms with Gasteiger partial charge in [-0.05, 0) is 19.4 Å². The van der Waals surface area contributed by atoms with Crippen LogP contribution in [0.1, 0.15) is 36.2 Å². The fraction of sp³-hybridized carbons (Fsp3) is 0.700. The molecule has 1 heterocycles. The fourth-order valence-corrected chi connectivity index (χ4v) is 1.34. The van der Waals surface area contributed by atoms with Crippen LogP contribution in [-0.2, 0) is 6.42 Å². The summed E-state index contributed by atoms with van der Waals surface area (Å²) in [7, 11) is 1.73. The van der Waals surface area contributed by atoms with Gasteiger partial charge in [-0.1, -0.05) is 6.92 Å². The molecule has 0 radical (unpaired) electrons. The number of carbonyl (C=O) groups is 1. The summed E-state index contributed by atoms with van der Waals surface area (Å²) in [6.45, 7) is 3.26. The number of rotatable bonds is 6. The Hall–Kier alpha value is -1.43. The Balaban J connectivity index is 2.57. The predicted octanol–water partition coefficient (Wildman–Crippen LogP) is 0.178. The van der Waals surface area contributed by atoms with E-state index in [0.717, 1.165) is 25.1 Å². The van der Waals surface area contributed by atoms with Gasteiger partial charge in [0.2, 0.25) is 5.82 Å². The zero-order valence-electron chi connectivity index (χ0n) is 9.86. The topological polar surface area (TPSA) is 87.9 Å². The molecule has 3 N–H and O–H groups in total. The number of hydrogen-bond acceptors (Lipinski definition) is 4. The average Bonchev–Trinajstić information content (AvgIpc) is 2.74. The Morgan fingerprint density at radius 3 is 2.94 bits per heavy atom. The first-order chi connectivity index (χ1) is 7.69. The summed E-state index contributed by atoms with van der Waals surface area (Å²) < 4.78 is 0. The molecular weight excluding hydrogens is 206 g/mol. The van der Waals surface area contributed by atoms with Crippen LogP contribution < -0.4 is 5.73 Å². The van der Waals surface area contributed by atoms with Crippen molar-refractivity contribution >= 4 is 5.91 Å². The normalized spacial score (nSPS) is 10.4. The second kappa shape index (κ2) is 6.22. The molecule has 1 amide bonds. The number of aromatic amines is 1. The fourth-order valence-electron chi connectivity index (χ4n) is 1.34. The highest BCUT2D eigenvalue weighted by atomic mass is 16.2. The molecule has 90 valence electrons. The van der Waals surface area contributed by atoms with Crippen LogP contribution in [0.2, 0.25) is 0 Å². The quantitative estimate of drug-likeness (QED) is 0.722. The van der Waals surface area contributed by atoms with Crippen LogP contribution in [-0.4, -0.2) is 46.1 Å². The number of aromatic nitrogens is 3. The number of carbonyl (C=O) groups excluding carboxylic acids is 1. The van der Waals surface area contributed by atoms with Gasteiger partial charge in [-0.25, -0.2) is 4.98 Å². The Kier molecular flexibility index (Phi) is 4.91. The third kappa shape index (κ3) is 3.30. The molecule has 0 spiro atoms. The van der Waals surface area contributed by atoms with Gasteiger partial charge in [-0.2, -0.15) is 0 Å². The van der Waals surface area contributed by atoms with Crippen LogP contribution in [0.5, 0.6) is 0 Å². The zero-order chi connectivity index (χ0) is 12.0. The first-order valence-corrected chi connectivity index (χ1v) is 5.55. The zero-order valence-corrected chi connectivity index (χ0v) is 9.86. The van der Waals surface area contributed by atoms with Crippen molar-refractivity contribution in [2.24, 2.45) is 5.73 Å². The van der Waals surface area contributed by atoms with Crippen LogP contribution in [0.3, 0.4) is 0 Å². The smallest absolute Gasteiger partial charge is 0.293 e. The van der Waals surface area contributed by atoms with Crippen LogP contribution in [0.4, 0.5) is 0 Å². The lowest BCUT2D eigenvalue weighted by Crippen LogP contribution is -2.29. The summed E-state index contributed by atoms with van der Waals surface area (Å²) in [5.41, 5.74) is 5.38. The molecule has 1 rings (SSSR count). The van der Waals surface area contributed by atoms with Gasteiger partial charge in [0.25, 0.3) is 5.91 Å². The van der Waals surface area contributed by atoms with Crippen molar-refractivity contribution in [3.05, 3.63) is 11.6 Å². The van der Waals surface area contributed by atoms with Crippen molar-refractivity contribution in [2.75, 3.05) is 20.1 Å².